The van der Waals surface area contributed by atoms with E-state index in [2.05, 4.69) is 5.32 Å². The van der Waals surface area contributed by atoms with Gasteiger partial charge in [0.15, 0.2) is 7.14 Å². The van der Waals surface area contributed by atoms with Gasteiger partial charge < -0.3 is 9.88 Å². The van der Waals surface area contributed by atoms with Crippen molar-refractivity contribution in [3.8, 4) is 0 Å². The Balaban J connectivity index is 2.10. The van der Waals surface area contributed by atoms with Gasteiger partial charge in [-0.2, -0.15) is 0 Å². The van der Waals surface area contributed by atoms with Crippen molar-refractivity contribution in [2.45, 2.75) is 25.0 Å². The van der Waals surface area contributed by atoms with Crippen molar-refractivity contribution >= 4 is 17.8 Å². The van der Waals surface area contributed by atoms with E-state index < -0.39 is 7.14 Å². The average molecular weight is 285 g/mol. The molecule has 104 valence electrons. The van der Waals surface area contributed by atoms with E-state index >= 15 is 0 Å². The minimum Gasteiger partial charge on any atom is -0.312 e. The molecule has 3 heteroatoms. The number of hydrogen-bond donors (Lipinski definition) is 1. The average Bonchev–Trinajstić information content (AvgIpc) is 2.56. The van der Waals surface area contributed by atoms with E-state index in [0.29, 0.717) is 0 Å². The molecule has 1 unspecified atom stereocenters. The highest BCUT2D eigenvalue weighted by Crippen LogP contribution is 2.49. The van der Waals surface area contributed by atoms with Gasteiger partial charge in [-0.25, -0.2) is 0 Å². The molecule has 0 spiro atoms. The highest BCUT2D eigenvalue weighted by atomic mass is 31.2. The van der Waals surface area contributed by atoms with Crippen molar-refractivity contribution in [1.82, 2.24) is 5.32 Å². The topological polar surface area (TPSA) is 29.1 Å². The number of benzene rings is 2. The van der Waals surface area contributed by atoms with Gasteiger partial charge in [0, 0.05) is 10.6 Å². The Hall–Kier alpha value is -1.37. The standard InChI is InChI=1S/C17H20NOP/c19-20(15-9-3-1-4-10-15,16-11-5-2-6-12-16)17-13-7-8-14-18-17/h1-6,9-12,17-18H,7-8,13-14H2. The van der Waals surface area contributed by atoms with E-state index in [-0.39, 0.29) is 5.78 Å². The molecule has 0 saturated carbocycles. The molecule has 1 atom stereocenters. The second-order valence-corrected chi connectivity index (χ2v) is 8.27. The van der Waals surface area contributed by atoms with Crippen LogP contribution in [0.2, 0.25) is 0 Å². The number of piperidine rings is 1. The molecule has 20 heavy (non-hydrogen) atoms. The van der Waals surface area contributed by atoms with Crippen LogP contribution in [0.25, 0.3) is 0 Å². The number of nitrogens with one attached hydrogen (secondary N) is 1. The summed E-state index contributed by atoms with van der Waals surface area (Å²) < 4.78 is 13.9. The first-order valence-electron chi connectivity index (χ1n) is 7.26. The summed E-state index contributed by atoms with van der Waals surface area (Å²) in [7, 11) is -2.61. The normalized spacial score (nSPS) is 19.7. The predicted molar refractivity (Wildman–Crippen MR) is 85.4 cm³/mol. The lowest BCUT2D eigenvalue weighted by Gasteiger charge is -2.32. The molecule has 0 bridgehead atoms. The van der Waals surface area contributed by atoms with Gasteiger partial charge >= 0.3 is 0 Å². The maximum atomic E-state index is 13.9. The number of hydrogen-bond acceptors (Lipinski definition) is 2. The molecule has 1 heterocycles. The molecule has 1 aliphatic heterocycles. The fourth-order valence-electron chi connectivity index (χ4n) is 2.95. The maximum absolute atomic E-state index is 13.9. The van der Waals surface area contributed by atoms with Gasteiger partial charge in [-0.05, 0) is 19.4 Å². The first-order valence-corrected chi connectivity index (χ1v) is 9.04. The zero-order valence-electron chi connectivity index (χ0n) is 11.5. The van der Waals surface area contributed by atoms with Gasteiger partial charge in [-0.3, -0.25) is 0 Å². The van der Waals surface area contributed by atoms with E-state index in [1.165, 1.54) is 6.42 Å². The van der Waals surface area contributed by atoms with Crippen LogP contribution < -0.4 is 15.9 Å². The fourth-order valence-corrected chi connectivity index (χ4v) is 6.13. The highest BCUT2D eigenvalue weighted by Gasteiger charge is 2.36. The van der Waals surface area contributed by atoms with Crippen LogP contribution in [0.4, 0.5) is 0 Å². The van der Waals surface area contributed by atoms with Crippen molar-refractivity contribution in [2.24, 2.45) is 0 Å². The second-order valence-electron chi connectivity index (χ2n) is 5.29. The third kappa shape index (κ3) is 2.46. The number of rotatable bonds is 3. The van der Waals surface area contributed by atoms with Crippen molar-refractivity contribution in [1.29, 1.82) is 0 Å². The summed E-state index contributed by atoms with van der Waals surface area (Å²) in [6.07, 6.45) is 3.32. The third-order valence-electron chi connectivity index (χ3n) is 4.00. The zero-order chi connectivity index (χ0) is 13.8. The molecule has 1 N–H and O–H groups in total. The first-order chi connectivity index (χ1) is 9.82. The lowest BCUT2D eigenvalue weighted by atomic mass is 10.2. The van der Waals surface area contributed by atoms with E-state index in [1.54, 1.807) is 0 Å². The van der Waals surface area contributed by atoms with E-state index in [4.69, 9.17) is 0 Å². The summed E-state index contributed by atoms with van der Waals surface area (Å²) in [5.74, 6) is 0.0704. The van der Waals surface area contributed by atoms with Gasteiger partial charge in [0.2, 0.25) is 0 Å². The van der Waals surface area contributed by atoms with Crippen LogP contribution >= 0.6 is 7.14 Å². The minimum atomic E-state index is -2.61. The Bertz CT molecular complexity index is 547. The summed E-state index contributed by atoms with van der Waals surface area (Å²) in [5.41, 5.74) is 0. The Morgan fingerprint density at radius 2 is 1.40 bits per heavy atom. The molecule has 1 fully saturated rings. The summed E-state index contributed by atoms with van der Waals surface area (Å²) in [4.78, 5) is 0. The van der Waals surface area contributed by atoms with Crippen LogP contribution in [0.3, 0.4) is 0 Å². The molecule has 3 rings (SSSR count). The summed E-state index contributed by atoms with van der Waals surface area (Å²) in [6.45, 7) is 0.967. The van der Waals surface area contributed by atoms with Gasteiger partial charge in [0.25, 0.3) is 0 Å². The van der Waals surface area contributed by atoms with Crippen molar-refractivity contribution in [2.75, 3.05) is 6.54 Å². The molecule has 1 saturated heterocycles. The monoisotopic (exact) mass is 285 g/mol. The largest absolute Gasteiger partial charge is 0.312 e. The Labute approximate surface area is 120 Å². The molecular weight excluding hydrogens is 265 g/mol. The predicted octanol–water partition coefficient (Wildman–Crippen LogP) is 3.10. The van der Waals surface area contributed by atoms with Gasteiger partial charge in [-0.15, -0.1) is 0 Å². The molecule has 1 aliphatic rings. The molecule has 0 radical (unpaired) electrons. The fraction of sp³-hybridized carbons (Fsp3) is 0.294. The van der Waals surface area contributed by atoms with E-state index in [1.807, 2.05) is 60.7 Å². The lowest BCUT2D eigenvalue weighted by molar-refractivity contribution is 0.467. The van der Waals surface area contributed by atoms with Crippen LogP contribution in [0, 0.1) is 0 Å². The molecule has 2 aromatic carbocycles. The Morgan fingerprint density at radius 1 is 0.850 bits per heavy atom. The van der Waals surface area contributed by atoms with Crippen molar-refractivity contribution < 1.29 is 4.57 Å². The Morgan fingerprint density at radius 3 is 1.85 bits per heavy atom. The molecule has 0 aliphatic carbocycles. The zero-order valence-corrected chi connectivity index (χ0v) is 12.4. The van der Waals surface area contributed by atoms with Gasteiger partial charge in [0.05, 0.1) is 5.78 Å². The molecular formula is C17H20NOP. The highest BCUT2D eigenvalue weighted by molar-refractivity contribution is 7.79. The molecule has 0 aromatic heterocycles. The maximum Gasteiger partial charge on any atom is 0.159 e. The van der Waals surface area contributed by atoms with Crippen LogP contribution in [-0.4, -0.2) is 12.3 Å². The SMILES string of the molecule is O=P(c1ccccc1)(c1ccccc1)C1CCCCN1. The quantitative estimate of drug-likeness (QED) is 0.878. The van der Waals surface area contributed by atoms with Crippen LogP contribution in [0.1, 0.15) is 19.3 Å². The lowest BCUT2D eigenvalue weighted by Crippen LogP contribution is -2.39. The molecule has 2 aromatic rings. The summed E-state index contributed by atoms with van der Waals surface area (Å²) in [6, 6.07) is 19.9. The third-order valence-corrected chi connectivity index (χ3v) is 7.45. The minimum absolute atomic E-state index is 0.0704. The van der Waals surface area contributed by atoms with Crippen LogP contribution in [0.5, 0.6) is 0 Å². The summed E-state index contributed by atoms with van der Waals surface area (Å²) in [5, 5.41) is 5.42. The van der Waals surface area contributed by atoms with Crippen molar-refractivity contribution in [3.63, 3.8) is 0 Å². The smallest absolute Gasteiger partial charge is 0.159 e. The van der Waals surface area contributed by atoms with Gasteiger partial charge in [0.1, 0.15) is 0 Å². The van der Waals surface area contributed by atoms with E-state index in [9.17, 15) is 4.57 Å². The summed E-state index contributed by atoms with van der Waals surface area (Å²) >= 11 is 0. The van der Waals surface area contributed by atoms with Crippen LogP contribution in [-0.2, 0) is 4.57 Å². The molecule has 2 nitrogen and oxygen atoms in total. The molecule has 0 amide bonds. The van der Waals surface area contributed by atoms with E-state index in [0.717, 1.165) is 30.0 Å². The second kappa shape index (κ2) is 5.95. The van der Waals surface area contributed by atoms with Gasteiger partial charge in [-0.1, -0.05) is 67.1 Å². The van der Waals surface area contributed by atoms with Crippen LogP contribution in [0.15, 0.2) is 60.7 Å². The Kier molecular flexibility index (Phi) is 4.05. The van der Waals surface area contributed by atoms with Crippen molar-refractivity contribution in [3.05, 3.63) is 60.7 Å². The first kappa shape index (κ1) is 13.6.